The van der Waals surface area contributed by atoms with Crippen molar-refractivity contribution in [2.45, 2.75) is 40.6 Å². The Bertz CT molecular complexity index is 1160. The summed E-state index contributed by atoms with van der Waals surface area (Å²) in [6.45, 7) is 7.72. The largest absolute Gasteiger partial charge is 0.573 e. The summed E-state index contributed by atoms with van der Waals surface area (Å²) >= 11 is 0. The molecule has 2 aromatic carbocycles. The molecule has 162 valence electrons. The van der Waals surface area contributed by atoms with Crippen LogP contribution in [0.4, 0.5) is 18.9 Å². The number of amides is 1. The van der Waals surface area contributed by atoms with Crippen molar-refractivity contribution in [1.82, 2.24) is 4.57 Å². The molecular weight excluding hydrogens is 407 g/mol. The van der Waals surface area contributed by atoms with Crippen LogP contribution in [0.5, 0.6) is 5.75 Å². The fourth-order valence-corrected chi connectivity index (χ4v) is 3.30. The first-order valence-electron chi connectivity index (χ1n) is 9.68. The van der Waals surface area contributed by atoms with E-state index in [4.69, 9.17) is 0 Å². The summed E-state index contributed by atoms with van der Waals surface area (Å²) in [5.41, 5.74) is 2.21. The van der Waals surface area contributed by atoms with E-state index in [0.29, 0.717) is 40.0 Å². The van der Waals surface area contributed by atoms with Gasteiger partial charge >= 0.3 is 6.36 Å². The zero-order valence-corrected chi connectivity index (χ0v) is 17.6. The number of nitriles is 1. The van der Waals surface area contributed by atoms with Crippen molar-refractivity contribution in [3.8, 4) is 23.1 Å². The van der Waals surface area contributed by atoms with Gasteiger partial charge in [-0.2, -0.15) is 5.26 Å². The molecule has 1 aromatic heterocycles. The lowest BCUT2D eigenvalue weighted by atomic mass is 9.95. The Labute approximate surface area is 178 Å². The Morgan fingerprint density at radius 3 is 2.29 bits per heavy atom. The molecule has 31 heavy (non-hydrogen) atoms. The van der Waals surface area contributed by atoms with Gasteiger partial charge in [0.1, 0.15) is 11.8 Å². The standard InChI is InChI=1S/C23H22F3N3O2/c1-5-29-19-12-16(31-23(24,25)26)10-11-17(19)18(13-27)20(29)14-6-8-15(9-7-14)28-21(30)22(2,3)4/h6-12H,5H2,1-4H3,(H,28,30). The number of aryl methyl sites for hydroxylation is 1. The van der Waals surface area contributed by atoms with Gasteiger partial charge in [-0.05, 0) is 36.8 Å². The van der Waals surface area contributed by atoms with Crippen LogP contribution in [0.25, 0.3) is 22.2 Å². The molecule has 1 heterocycles. The van der Waals surface area contributed by atoms with E-state index in [1.807, 2.05) is 27.7 Å². The van der Waals surface area contributed by atoms with Gasteiger partial charge in [0.05, 0.1) is 16.8 Å². The van der Waals surface area contributed by atoms with Gasteiger partial charge in [-0.25, -0.2) is 0 Å². The van der Waals surface area contributed by atoms with Crippen molar-refractivity contribution in [1.29, 1.82) is 5.26 Å². The summed E-state index contributed by atoms with van der Waals surface area (Å²) in [5, 5.41) is 13.2. The minimum absolute atomic E-state index is 0.127. The molecule has 8 heteroatoms. The Morgan fingerprint density at radius 2 is 1.77 bits per heavy atom. The Morgan fingerprint density at radius 1 is 1.13 bits per heavy atom. The number of halogens is 3. The molecule has 0 fully saturated rings. The molecule has 0 aliphatic rings. The molecule has 3 aromatic rings. The van der Waals surface area contributed by atoms with Crippen molar-refractivity contribution in [2.75, 3.05) is 5.32 Å². The molecule has 0 atom stereocenters. The molecule has 1 amide bonds. The first-order valence-corrected chi connectivity index (χ1v) is 9.68. The summed E-state index contributed by atoms with van der Waals surface area (Å²) < 4.78 is 43.7. The first-order chi connectivity index (χ1) is 14.4. The molecule has 0 bridgehead atoms. The Balaban J connectivity index is 2.07. The number of anilines is 1. The highest BCUT2D eigenvalue weighted by Gasteiger charge is 2.31. The highest BCUT2D eigenvalue weighted by molar-refractivity contribution is 5.96. The highest BCUT2D eigenvalue weighted by Crippen LogP contribution is 2.36. The molecule has 0 aliphatic heterocycles. The Hall–Kier alpha value is -3.47. The van der Waals surface area contributed by atoms with Crippen molar-refractivity contribution >= 4 is 22.5 Å². The molecular formula is C23H22F3N3O2. The van der Waals surface area contributed by atoms with E-state index in [2.05, 4.69) is 16.1 Å². The van der Waals surface area contributed by atoms with Crippen LogP contribution >= 0.6 is 0 Å². The Kier molecular flexibility index (Phi) is 5.72. The van der Waals surface area contributed by atoms with Crippen molar-refractivity contribution in [2.24, 2.45) is 5.41 Å². The van der Waals surface area contributed by atoms with Crippen LogP contribution in [-0.4, -0.2) is 16.8 Å². The van der Waals surface area contributed by atoms with Crippen LogP contribution in [0, 0.1) is 16.7 Å². The van der Waals surface area contributed by atoms with Crippen LogP contribution < -0.4 is 10.1 Å². The van der Waals surface area contributed by atoms with Crippen LogP contribution in [0.3, 0.4) is 0 Å². The lowest BCUT2D eigenvalue weighted by Crippen LogP contribution is -2.27. The maximum Gasteiger partial charge on any atom is 0.573 e. The second kappa shape index (κ2) is 7.99. The molecule has 0 radical (unpaired) electrons. The zero-order valence-electron chi connectivity index (χ0n) is 17.6. The molecule has 3 rings (SSSR count). The number of hydrogen-bond donors (Lipinski definition) is 1. The quantitative estimate of drug-likeness (QED) is 0.546. The number of fused-ring (bicyclic) bond motifs is 1. The molecule has 0 spiro atoms. The molecule has 0 aliphatic carbocycles. The van der Waals surface area contributed by atoms with E-state index in [9.17, 15) is 23.2 Å². The number of benzene rings is 2. The minimum atomic E-state index is -4.80. The average molecular weight is 429 g/mol. The number of carbonyl (C=O) groups excluding carboxylic acids is 1. The van der Waals surface area contributed by atoms with Gasteiger partial charge in [0.2, 0.25) is 5.91 Å². The molecule has 0 saturated heterocycles. The average Bonchev–Trinajstić information content (AvgIpc) is 2.99. The molecule has 1 N–H and O–H groups in total. The van der Waals surface area contributed by atoms with Crippen LogP contribution in [0.2, 0.25) is 0 Å². The molecule has 0 saturated carbocycles. The number of rotatable bonds is 4. The van der Waals surface area contributed by atoms with Crippen molar-refractivity contribution in [3.05, 3.63) is 48.0 Å². The maximum atomic E-state index is 12.6. The minimum Gasteiger partial charge on any atom is -0.406 e. The van der Waals surface area contributed by atoms with E-state index >= 15 is 0 Å². The van der Waals surface area contributed by atoms with Gasteiger partial charge < -0.3 is 14.6 Å². The van der Waals surface area contributed by atoms with Gasteiger partial charge in [-0.15, -0.1) is 13.2 Å². The van der Waals surface area contributed by atoms with Crippen LogP contribution in [-0.2, 0) is 11.3 Å². The first kappa shape index (κ1) is 22.2. The van der Waals surface area contributed by atoms with Crippen molar-refractivity contribution < 1.29 is 22.7 Å². The summed E-state index contributed by atoms with van der Waals surface area (Å²) in [7, 11) is 0. The molecule has 5 nitrogen and oxygen atoms in total. The van der Waals surface area contributed by atoms with Gasteiger partial charge in [-0.1, -0.05) is 32.9 Å². The van der Waals surface area contributed by atoms with Gasteiger partial charge in [-0.3, -0.25) is 4.79 Å². The smallest absolute Gasteiger partial charge is 0.406 e. The van der Waals surface area contributed by atoms with Crippen LogP contribution in [0.15, 0.2) is 42.5 Å². The second-order valence-corrected chi connectivity index (χ2v) is 8.09. The van der Waals surface area contributed by atoms with Crippen LogP contribution in [0.1, 0.15) is 33.3 Å². The fourth-order valence-electron chi connectivity index (χ4n) is 3.30. The summed E-state index contributed by atoms with van der Waals surface area (Å²) in [5.74, 6) is -0.471. The normalized spacial score (nSPS) is 11.9. The van der Waals surface area contributed by atoms with Crippen molar-refractivity contribution in [3.63, 3.8) is 0 Å². The van der Waals surface area contributed by atoms with E-state index < -0.39 is 11.8 Å². The summed E-state index contributed by atoms with van der Waals surface area (Å²) in [6, 6.07) is 13.1. The van der Waals surface area contributed by atoms with Gasteiger partial charge in [0, 0.05) is 29.1 Å². The van der Waals surface area contributed by atoms with E-state index in [1.165, 1.54) is 18.2 Å². The monoisotopic (exact) mass is 429 g/mol. The fraction of sp³-hybridized carbons (Fsp3) is 0.304. The third-order valence-corrected chi connectivity index (χ3v) is 4.80. The summed E-state index contributed by atoms with van der Waals surface area (Å²) in [4.78, 5) is 12.2. The number of nitrogens with zero attached hydrogens (tertiary/aromatic N) is 2. The number of aromatic nitrogens is 1. The number of ether oxygens (including phenoxy) is 1. The number of carbonyl (C=O) groups is 1. The number of nitrogens with one attached hydrogen (secondary N) is 1. The highest BCUT2D eigenvalue weighted by atomic mass is 19.4. The maximum absolute atomic E-state index is 12.6. The van der Waals surface area contributed by atoms with E-state index in [1.54, 1.807) is 28.8 Å². The SMILES string of the molecule is CCn1c(-c2ccc(NC(=O)C(C)(C)C)cc2)c(C#N)c2ccc(OC(F)(F)F)cc21. The second-order valence-electron chi connectivity index (χ2n) is 8.09. The lowest BCUT2D eigenvalue weighted by molar-refractivity contribution is -0.274. The predicted octanol–water partition coefficient (Wildman–Crippen LogP) is 6.08. The third-order valence-electron chi connectivity index (χ3n) is 4.80. The lowest BCUT2D eigenvalue weighted by Gasteiger charge is -2.18. The predicted molar refractivity (Wildman–Crippen MR) is 113 cm³/mol. The number of hydrogen-bond acceptors (Lipinski definition) is 3. The zero-order chi connectivity index (χ0) is 23.0. The van der Waals surface area contributed by atoms with E-state index in [-0.39, 0.29) is 11.7 Å². The summed E-state index contributed by atoms with van der Waals surface area (Å²) in [6.07, 6.45) is -4.80. The molecule has 0 unspecified atom stereocenters. The number of alkyl halides is 3. The third kappa shape index (κ3) is 4.66. The van der Waals surface area contributed by atoms with Gasteiger partial charge in [0.15, 0.2) is 0 Å². The van der Waals surface area contributed by atoms with E-state index in [0.717, 1.165) is 0 Å². The van der Waals surface area contributed by atoms with Gasteiger partial charge in [0.25, 0.3) is 0 Å². The topological polar surface area (TPSA) is 67.0 Å².